The summed E-state index contributed by atoms with van der Waals surface area (Å²) < 4.78 is 4.76. The van der Waals surface area contributed by atoms with Crippen molar-refractivity contribution >= 4 is 23.3 Å². The predicted octanol–water partition coefficient (Wildman–Crippen LogP) is 3.70. The zero-order valence-electron chi connectivity index (χ0n) is 14.0. The van der Waals surface area contributed by atoms with Gasteiger partial charge in [0, 0.05) is 11.4 Å². The molecule has 0 saturated heterocycles. The maximum absolute atomic E-state index is 11.7. The number of hydrogen-bond acceptors (Lipinski definition) is 4. The summed E-state index contributed by atoms with van der Waals surface area (Å²) in [6.07, 6.45) is 3.14. The Balaban J connectivity index is 1.76. The van der Waals surface area contributed by atoms with E-state index in [4.69, 9.17) is 4.74 Å². The molecule has 2 aromatic carbocycles. The number of carbonyl (C=O) groups is 2. The van der Waals surface area contributed by atoms with Crippen molar-refractivity contribution in [2.75, 3.05) is 17.7 Å². The van der Waals surface area contributed by atoms with Gasteiger partial charge in [-0.15, -0.1) is 0 Å². The van der Waals surface area contributed by atoms with Crippen LogP contribution in [0.3, 0.4) is 0 Å². The lowest BCUT2D eigenvalue weighted by Crippen LogP contribution is -2.09. The molecule has 25 heavy (non-hydrogen) atoms. The van der Waals surface area contributed by atoms with Gasteiger partial charge in [0.2, 0.25) is 5.91 Å². The molecule has 1 aliphatic rings. The largest absolute Gasteiger partial charge is 0.465 e. The normalized spacial score (nSPS) is 15.2. The number of nitrogens with one attached hydrogen (secondary N) is 2. The van der Waals surface area contributed by atoms with E-state index < -0.39 is 0 Å². The summed E-state index contributed by atoms with van der Waals surface area (Å²) in [6.45, 7) is 3.46. The average Bonchev–Trinajstić information content (AvgIpc) is 3.03. The molecular weight excluding hydrogens is 316 g/mol. The summed E-state index contributed by atoms with van der Waals surface area (Å²) in [5, 5.41) is 6.26. The molecule has 2 N–H and O–H groups in total. The van der Waals surface area contributed by atoms with E-state index in [1.54, 1.807) is 12.1 Å². The summed E-state index contributed by atoms with van der Waals surface area (Å²) in [7, 11) is 1.37. The molecule has 1 amide bonds. The van der Waals surface area contributed by atoms with Crippen molar-refractivity contribution in [1.29, 1.82) is 0 Å². The molecule has 0 fully saturated rings. The molecule has 5 heteroatoms. The van der Waals surface area contributed by atoms with Crippen LogP contribution in [0.15, 0.2) is 55.1 Å². The molecule has 0 bridgehead atoms. The molecule has 0 heterocycles. The number of benzene rings is 2. The van der Waals surface area contributed by atoms with E-state index in [0.717, 1.165) is 24.2 Å². The third-order valence-corrected chi connectivity index (χ3v) is 4.30. The molecule has 5 nitrogen and oxygen atoms in total. The molecule has 0 spiro atoms. The van der Waals surface area contributed by atoms with Crippen LogP contribution in [-0.2, 0) is 16.0 Å². The topological polar surface area (TPSA) is 67.4 Å². The van der Waals surface area contributed by atoms with Gasteiger partial charge in [-0.3, -0.25) is 4.79 Å². The molecule has 1 aliphatic carbocycles. The Hall–Kier alpha value is -3.08. The average molecular weight is 336 g/mol. The number of aryl methyl sites for hydroxylation is 1. The Morgan fingerprint density at radius 2 is 2.04 bits per heavy atom. The number of carbonyl (C=O) groups excluding carboxylic acids is 2. The first-order chi connectivity index (χ1) is 12.1. The molecular formula is C20H20N2O3. The van der Waals surface area contributed by atoms with Gasteiger partial charge >= 0.3 is 5.97 Å². The summed E-state index contributed by atoms with van der Waals surface area (Å²) in [5.74, 6) is -0.565. The van der Waals surface area contributed by atoms with E-state index in [-0.39, 0.29) is 17.9 Å². The summed E-state index contributed by atoms with van der Waals surface area (Å²) in [6, 6.07) is 13.4. The SMILES string of the molecule is C=CC(=O)Nc1ccc2c(c1)CCC2Nc1cccc(C(=O)OC)c1. The number of methoxy groups -OCH3 is 1. The van der Waals surface area contributed by atoms with Gasteiger partial charge in [0.1, 0.15) is 0 Å². The minimum absolute atomic E-state index is 0.173. The quantitative estimate of drug-likeness (QED) is 0.645. The first-order valence-corrected chi connectivity index (χ1v) is 8.12. The summed E-state index contributed by atoms with van der Waals surface area (Å²) >= 11 is 0. The Bertz CT molecular complexity index is 829. The maximum atomic E-state index is 11.7. The van der Waals surface area contributed by atoms with Crippen LogP contribution in [0.5, 0.6) is 0 Å². The van der Waals surface area contributed by atoms with Crippen LogP contribution >= 0.6 is 0 Å². The standard InChI is InChI=1S/C20H20N2O3/c1-3-19(23)22-16-8-9-17-13(11-16)7-10-18(17)21-15-6-4-5-14(12-15)20(24)25-2/h3-6,8-9,11-12,18,21H,1,7,10H2,2H3,(H,22,23). The zero-order valence-corrected chi connectivity index (χ0v) is 14.0. The molecule has 2 aromatic rings. The molecule has 1 atom stereocenters. The number of anilines is 2. The lowest BCUT2D eigenvalue weighted by molar-refractivity contribution is -0.111. The van der Waals surface area contributed by atoms with E-state index in [9.17, 15) is 9.59 Å². The van der Waals surface area contributed by atoms with Gasteiger partial charge in [0.25, 0.3) is 0 Å². The molecule has 3 rings (SSSR count). The second kappa shape index (κ2) is 7.21. The van der Waals surface area contributed by atoms with Crippen LogP contribution < -0.4 is 10.6 Å². The fourth-order valence-corrected chi connectivity index (χ4v) is 3.09. The van der Waals surface area contributed by atoms with E-state index >= 15 is 0 Å². The van der Waals surface area contributed by atoms with Gasteiger partial charge in [-0.25, -0.2) is 4.79 Å². The highest BCUT2D eigenvalue weighted by Gasteiger charge is 2.23. The molecule has 1 unspecified atom stereocenters. The lowest BCUT2D eigenvalue weighted by Gasteiger charge is -2.16. The summed E-state index contributed by atoms with van der Waals surface area (Å²) in [5.41, 5.74) is 4.60. The van der Waals surface area contributed by atoms with Gasteiger partial charge in [-0.1, -0.05) is 18.7 Å². The fourth-order valence-electron chi connectivity index (χ4n) is 3.09. The smallest absolute Gasteiger partial charge is 0.337 e. The van der Waals surface area contributed by atoms with Crippen molar-refractivity contribution in [2.45, 2.75) is 18.9 Å². The Kier molecular flexibility index (Phi) is 4.84. The van der Waals surface area contributed by atoms with Crippen LogP contribution in [0.25, 0.3) is 0 Å². The molecule has 0 saturated carbocycles. The number of amides is 1. The number of rotatable bonds is 5. The number of ether oxygens (including phenoxy) is 1. The Labute approximate surface area is 146 Å². The van der Waals surface area contributed by atoms with Crippen molar-refractivity contribution in [3.8, 4) is 0 Å². The van der Waals surface area contributed by atoms with E-state index in [1.807, 2.05) is 30.3 Å². The Morgan fingerprint density at radius 1 is 1.20 bits per heavy atom. The minimum Gasteiger partial charge on any atom is -0.465 e. The van der Waals surface area contributed by atoms with Crippen molar-refractivity contribution in [2.24, 2.45) is 0 Å². The van der Waals surface area contributed by atoms with Gasteiger partial charge in [0.05, 0.1) is 18.7 Å². The van der Waals surface area contributed by atoms with Crippen molar-refractivity contribution in [3.63, 3.8) is 0 Å². The number of fused-ring (bicyclic) bond motifs is 1. The number of hydrogen-bond donors (Lipinski definition) is 2. The third-order valence-electron chi connectivity index (χ3n) is 4.30. The van der Waals surface area contributed by atoms with Crippen molar-refractivity contribution < 1.29 is 14.3 Å². The van der Waals surface area contributed by atoms with Gasteiger partial charge in [-0.2, -0.15) is 0 Å². The number of esters is 1. The second-order valence-corrected chi connectivity index (χ2v) is 5.91. The third kappa shape index (κ3) is 3.71. The van der Waals surface area contributed by atoms with Gasteiger partial charge in [-0.05, 0) is 60.4 Å². The Morgan fingerprint density at radius 3 is 2.80 bits per heavy atom. The fraction of sp³-hybridized carbons (Fsp3) is 0.200. The molecule has 128 valence electrons. The van der Waals surface area contributed by atoms with E-state index in [1.165, 1.54) is 24.3 Å². The highest BCUT2D eigenvalue weighted by atomic mass is 16.5. The molecule has 0 aromatic heterocycles. The first kappa shape index (κ1) is 16.8. The molecule has 0 radical (unpaired) electrons. The second-order valence-electron chi connectivity index (χ2n) is 5.91. The van der Waals surface area contributed by atoms with Crippen LogP contribution in [0.1, 0.15) is 33.9 Å². The maximum Gasteiger partial charge on any atom is 0.337 e. The zero-order chi connectivity index (χ0) is 17.8. The van der Waals surface area contributed by atoms with Crippen molar-refractivity contribution in [3.05, 3.63) is 71.8 Å². The van der Waals surface area contributed by atoms with Gasteiger partial charge < -0.3 is 15.4 Å². The van der Waals surface area contributed by atoms with E-state index in [2.05, 4.69) is 17.2 Å². The predicted molar refractivity (Wildman–Crippen MR) is 97.7 cm³/mol. The first-order valence-electron chi connectivity index (χ1n) is 8.12. The minimum atomic E-state index is -0.349. The van der Waals surface area contributed by atoms with Crippen LogP contribution in [0, 0.1) is 0 Å². The molecule has 0 aliphatic heterocycles. The van der Waals surface area contributed by atoms with Crippen LogP contribution in [0.2, 0.25) is 0 Å². The van der Waals surface area contributed by atoms with Crippen LogP contribution in [-0.4, -0.2) is 19.0 Å². The van der Waals surface area contributed by atoms with Crippen molar-refractivity contribution in [1.82, 2.24) is 0 Å². The monoisotopic (exact) mass is 336 g/mol. The highest BCUT2D eigenvalue weighted by molar-refractivity contribution is 5.99. The van der Waals surface area contributed by atoms with E-state index in [0.29, 0.717) is 5.56 Å². The summed E-state index contributed by atoms with van der Waals surface area (Å²) in [4.78, 5) is 23.1. The highest BCUT2D eigenvalue weighted by Crippen LogP contribution is 2.35. The van der Waals surface area contributed by atoms with Gasteiger partial charge in [0.15, 0.2) is 0 Å². The lowest BCUT2D eigenvalue weighted by atomic mass is 10.1. The van der Waals surface area contributed by atoms with Crippen LogP contribution in [0.4, 0.5) is 11.4 Å².